The number of nitrogens with zero attached hydrogens (tertiary/aromatic N) is 2. The van der Waals surface area contributed by atoms with E-state index in [0.717, 1.165) is 36.6 Å². The Hall–Kier alpha value is -1.55. The van der Waals surface area contributed by atoms with Crippen molar-refractivity contribution in [1.82, 2.24) is 5.32 Å². The van der Waals surface area contributed by atoms with Gasteiger partial charge in [-0.25, -0.2) is 4.79 Å². The minimum atomic E-state index is -0.364. The molecule has 0 bridgehead atoms. The summed E-state index contributed by atoms with van der Waals surface area (Å²) < 4.78 is 0. The number of piperidine rings is 1. The first-order valence-electron chi connectivity index (χ1n) is 5.65. The van der Waals surface area contributed by atoms with Gasteiger partial charge in [-0.2, -0.15) is 9.98 Å². The molecule has 0 saturated carbocycles. The maximum absolute atomic E-state index is 11.2. The van der Waals surface area contributed by atoms with E-state index in [1.807, 2.05) is 12.1 Å². The highest BCUT2D eigenvalue weighted by Crippen LogP contribution is 2.21. The number of benzene rings is 1. The van der Waals surface area contributed by atoms with Gasteiger partial charge >= 0.3 is 6.03 Å². The summed E-state index contributed by atoms with van der Waals surface area (Å²) in [6, 6.07) is 5.53. The first-order chi connectivity index (χ1) is 7.84. The second-order valence-corrected chi connectivity index (χ2v) is 4.25. The molecule has 2 heterocycles. The summed E-state index contributed by atoms with van der Waals surface area (Å²) in [4.78, 5) is 19.1. The van der Waals surface area contributed by atoms with Crippen LogP contribution < -0.4 is 16.0 Å². The Balaban J connectivity index is 2.10. The number of rotatable bonds is 1. The zero-order chi connectivity index (χ0) is 11.0. The summed E-state index contributed by atoms with van der Waals surface area (Å²) in [6.07, 6.45) is 2.22. The third kappa shape index (κ3) is 1.55. The third-order valence-electron chi connectivity index (χ3n) is 3.25. The van der Waals surface area contributed by atoms with Crippen LogP contribution in [0.1, 0.15) is 24.3 Å². The zero-order valence-electron chi connectivity index (χ0n) is 8.94. The molecule has 1 saturated heterocycles. The number of hydrogen-bond acceptors (Lipinski definition) is 2. The van der Waals surface area contributed by atoms with Crippen LogP contribution in [0.3, 0.4) is 0 Å². The quantitative estimate of drug-likeness (QED) is 0.742. The molecule has 1 aromatic carbocycles. The second kappa shape index (κ2) is 3.79. The lowest BCUT2D eigenvalue weighted by Gasteiger charge is -2.22. The van der Waals surface area contributed by atoms with Crippen molar-refractivity contribution >= 4 is 6.03 Å². The van der Waals surface area contributed by atoms with E-state index < -0.39 is 0 Å². The summed E-state index contributed by atoms with van der Waals surface area (Å²) in [7, 11) is 0. The van der Waals surface area contributed by atoms with Gasteiger partial charge in [-0.15, -0.1) is 0 Å². The molecule has 0 atom stereocenters. The fraction of sp³-hybridized carbons (Fsp3) is 0.417. The van der Waals surface area contributed by atoms with E-state index in [1.54, 1.807) is 0 Å². The Labute approximate surface area is 93.1 Å². The Morgan fingerprint density at radius 1 is 1.19 bits per heavy atom. The maximum Gasteiger partial charge on any atom is 0.368 e. The van der Waals surface area contributed by atoms with E-state index in [2.05, 4.69) is 21.4 Å². The molecule has 2 aliphatic rings. The van der Waals surface area contributed by atoms with Crippen LogP contribution in [0, 0.1) is 0 Å². The van der Waals surface area contributed by atoms with E-state index in [4.69, 9.17) is 0 Å². The van der Waals surface area contributed by atoms with Gasteiger partial charge in [0.2, 0.25) is 0 Å². The predicted octanol–water partition coefficient (Wildman–Crippen LogP) is 0.526. The topological polar surface area (TPSA) is 53.8 Å². The lowest BCUT2D eigenvalue weighted by atomic mass is 9.90. The van der Waals surface area contributed by atoms with E-state index in [1.165, 1.54) is 5.56 Å². The van der Waals surface area contributed by atoms with Crippen molar-refractivity contribution in [3.8, 4) is 0 Å². The molecule has 4 heteroatoms. The molecule has 0 spiro atoms. The van der Waals surface area contributed by atoms with Crippen molar-refractivity contribution in [2.75, 3.05) is 13.1 Å². The van der Waals surface area contributed by atoms with Crippen LogP contribution in [-0.4, -0.2) is 19.1 Å². The van der Waals surface area contributed by atoms with Crippen LogP contribution in [-0.2, 0) is 0 Å². The minimum absolute atomic E-state index is 0.364. The number of carbonyl (C=O) groups excluding carboxylic acids is 1. The summed E-state index contributed by atoms with van der Waals surface area (Å²) in [5.41, 5.74) is 1.19. The molecular weight excluding hydrogens is 202 g/mol. The van der Waals surface area contributed by atoms with Crippen molar-refractivity contribution in [3.63, 3.8) is 0 Å². The third-order valence-corrected chi connectivity index (χ3v) is 3.25. The Morgan fingerprint density at radius 2 is 2.00 bits per heavy atom. The summed E-state index contributed by atoms with van der Waals surface area (Å²) in [5, 5.41) is 4.88. The van der Waals surface area contributed by atoms with Gasteiger partial charge in [-0.05, 0) is 43.5 Å². The normalized spacial score (nSPS) is 20.1. The second-order valence-electron chi connectivity index (χ2n) is 4.25. The van der Waals surface area contributed by atoms with E-state index in [-0.39, 0.29) is 6.03 Å². The molecule has 1 N–H and O–H groups in total. The first-order valence-corrected chi connectivity index (χ1v) is 5.65. The van der Waals surface area contributed by atoms with Gasteiger partial charge in [-0.3, -0.25) is 0 Å². The molecule has 16 heavy (non-hydrogen) atoms. The molecule has 1 aromatic rings. The van der Waals surface area contributed by atoms with Gasteiger partial charge in [0, 0.05) is 0 Å². The van der Waals surface area contributed by atoms with Crippen molar-refractivity contribution in [1.29, 1.82) is 0 Å². The van der Waals surface area contributed by atoms with E-state index in [9.17, 15) is 4.79 Å². The summed E-state index contributed by atoms with van der Waals surface area (Å²) in [5.74, 6) is 0.515. The van der Waals surface area contributed by atoms with Crippen molar-refractivity contribution < 1.29 is 4.79 Å². The molecule has 0 aliphatic carbocycles. The SMILES string of the molecule is O=C1N=c2cccc(C3CCNCC3)c2=N1. The average molecular weight is 215 g/mol. The number of fused-ring (bicyclic) bond motifs is 1. The Bertz CT molecular complexity index is 544. The van der Waals surface area contributed by atoms with Crippen LogP contribution in [0.5, 0.6) is 0 Å². The highest BCUT2D eigenvalue weighted by atomic mass is 16.2. The number of para-hydroxylation sites is 1. The Morgan fingerprint density at radius 3 is 2.81 bits per heavy atom. The highest BCUT2D eigenvalue weighted by Gasteiger charge is 2.19. The van der Waals surface area contributed by atoms with E-state index in [0.29, 0.717) is 5.92 Å². The molecular formula is C12H13N3O. The summed E-state index contributed by atoms with van der Waals surface area (Å²) in [6.45, 7) is 2.08. The lowest BCUT2D eigenvalue weighted by Crippen LogP contribution is -2.33. The average Bonchev–Trinajstić information content (AvgIpc) is 2.70. The van der Waals surface area contributed by atoms with Gasteiger partial charge in [0.15, 0.2) is 0 Å². The number of hydrogen-bond donors (Lipinski definition) is 1. The fourth-order valence-electron chi connectivity index (χ4n) is 2.45. The first kappa shape index (κ1) is 9.66. The van der Waals surface area contributed by atoms with Gasteiger partial charge in [0.05, 0.1) is 10.7 Å². The number of carbonyl (C=O) groups is 1. The molecule has 2 aliphatic heterocycles. The molecule has 4 nitrogen and oxygen atoms in total. The molecule has 0 unspecified atom stereocenters. The number of amides is 2. The van der Waals surface area contributed by atoms with Crippen LogP contribution >= 0.6 is 0 Å². The molecule has 82 valence electrons. The van der Waals surface area contributed by atoms with Crippen molar-refractivity contribution in [3.05, 3.63) is 34.5 Å². The van der Waals surface area contributed by atoms with Crippen LogP contribution in [0.4, 0.5) is 4.79 Å². The van der Waals surface area contributed by atoms with Gasteiger partial charge < -0.3 is 5.32 Å². The summed E-state index contributed by atoms with van der Waals surface area (Å²) >= 11 is 0. The molecule has 2 amide bonds. The molecule has 3 rings (SSSR count). The van der Waals surface area contributed by atoms with Crippen LogP contribution in [0.2, 0.25) is 0 Å². The standard InChI is InChI=1S/C12H13N3O/c16-12-14-10-3-1-2-9(11(10)15-12)8-4-6-13-7-5-8/h1-3,8,13H,4-7H2. The molecule has 0 radical (unpaired) electrons. The van der Waals surface area contributed by atoms with Crippen molar-refractivity contribution in [2.45, 2.75) is 18.8 Å². The number of nitrogens with one attached hydrogen (secondary N) is 1. The zero-order valence-corrected chi connectivity index (χ0v) is 8.94. The van der Waals surface area contributed by atoms with Crippen LogP contribution in [0.15, 0.2) is 28.2 Å². The highest BCUT2D eigenvalue weighted by molar-refractivity contribution is 5.77. The Kier molecular flexibility index (Phi) is 2.29. The monoisotopic (exact) mass is 215 g/mol. The van der Waals surface area contributed by atoms with Gasteiger partial charge in [0.1, 0.15) is 0 Å². The fourth-order valence-corrected chi connectivity index (χ4v) is 2.45. The predicted molar refractivity (Wildman–Crippen MR) is 59.0 cm³/mol. The van der Waals surface area contributed by atoms with Crippen molar-refractivity contribution in [2.24, 2.45) is 9.98 Å². The van der Waals surface area contributed by atoms with Crippen LogP contribution in [0.25, 0.3) is 0 Å². The smallest absolute Gasteiger partial charge is 0.317 e. The largest absolute Gasteiger partial charge is 0.368 e. The number of urea groups is 1. The maximum atomic E-state index is 11.2. The van der Waals surface area contributed by atoms with Gasteiger partial charge in [0.25, 0.3) is 0 Å². The molecule has 0 aromatic heterocycles. The minimum Gasteiger partial charge on any atom is -0.317 e. The molecule has 1 fully saturated rings. The van der Waals surface area contributed by atoms with E-state index >= 15 is 0 Å². The lowest BCUT2D eigenvalue weighted by molar-refractivity contribution is 0.256. The van der Waals surface area contributed by atoms with Gasteiger partial charge in [-0.1, -0.05) is 12.1 Å².